The maximum atomic E-state index is 12.2. The van der Waals surface area contributed by atoms with Gasteiger partial charge in [0, 0.05) is 21.8 Å². The van der Waals surface area contributed by atoms with Crippen LogP contribution in [-0.4, -0.2) is 42.9 Å². The van der Waals surface area contributed by atoms with Gasteiger partial charge >= 0.3 is 5.97 Å². The van der Waals surface area contributed by atoms with Crippen molar-refractivity contribution >= 4 is 62.5 Å². The number of amides is 2. The molecule has 0 spiro atoms. The van der Waals surface area contributed by atoms with Gasteiger partial charge in [-0.1, -0.05) is 33.6 Å². The topological polar surface area (TPSA) is 118 Å². The van der Waals surface area contributed by atoms with E-state index in [0.29, 0.717) is 17.0 Å². The molecule has 2 aromatic carbocycles. The van der Waals surface area contributed by atoms with Gasteiger partial charge in [0.05, 0.1) is 18.2 Å². The van der Waals surface area contributed by atoms with Gasteiger partial charge in [-0.2, -0.15) is 5.10 Å². The fraction of sp³-hybridized carbons (Fsp3) is 0.136. The highest BCUT2D eigenvalue weighted by Crippen LogP contribution is 2.24. The number of nitrogens with zero attached hydrogens (tertiary/aromatic N) is 2. The average Bonchev–Trinajstić information content (AvgIpc) is 3.13. The van der Waals surface area contributed by atoms with E-state index in [2.05, 4.69) is 41.5 Å². The van der Waals surface area contributed by atoms with Gasteiger partial charge in [-0.25, -0.2) is 4.79 Å². The molecular weight excluding hydrogens is 512 g/mol. The number of methoxy groups -OCH3 is 1. The molecule has 2 aromatic rings. The number of amidine groups is 1. The second-order valence-corrected chi connectivity index (χ2v) is 8.57. The van der Waals surface area contributed by atoms with Crippen molar-refractivity contribution in [2.45, 2.75) is 6.92 Å². The Balaban J connectivity index is 1.64. The Morgan fingerprint density at radius 3 is 2.70 bits per heavy atom. The summed E-state index contributed by atoms with van der Waals surface area (Å²) < 4.78 is 10.9. The number of thioether (sulfide) groups is 1. The number of hydrogen-bond donors (Lipinski definition) is 2. The summed E-state index contributed by atoms with van der Waals surface area (Å²) in [6.07, 6.45) is 2.51. The number of ether oxygens (including phenoxy) is 2. The molecule has 11 heteroatoms. The highest BCUT2D eigenvalue weighted by molar-refractivity contribution is 9.10. The van der Waals surface area contributed by atoms with Crippen LogP contribution in [0.4, 0.5) is 5.69 Å². The molecule has 0 aromatic heterocycles. The van der Waals surface area contributed by atoms with Crippen molar-refractivity contribution in [2.75, 3.05) is 19.0 Å². The molecule has 170 valence electrons. The van der Waals surface area contributed by atoms with Crippen molar-refractivity contribution < 1.29 is 23.9 Å². The molecule has 1 aliphatic heterocycles. The quantitative estimate of drug-likeness (QED) is 0.245. The Bertz CT molecular complexity index is 1160. The predicted molar refractivity (Wildman–Crippen MR) is 130 cm³/mol. The lowest BCUT2D eigenvalue weighted by atomic mass is 10.2. The molecule has 0 atom stereocenters. The van der Waals surface area contributed by atoms with Crippen molar-refractivity contribution in [1.29, 1.82) is 0 Å². The van der Waals surface area contributed by atoms with Crippen LogP contribution in [0.1, 0.15) is 11.1 Å². The van der Waals surface area contributed by atoms with E-state index in [0.717, 1.165) is 27.9 Å². The molecule has 0 unspecified atom stereocenters. The number of hydrogen-bond acceptors (Lipinski definition) is 8. The second-order valence-electron chi connectivity index (χ2n) is 6.62. The molecule has 3 rings (SSSR count). The van der Waals surface area contributed by atoms with Gasteiger partial charge in [-0.3, -0.25) is 14.9 Å². The van der Waals surface area contributed by atoms with Crippen LogP contribution >= 0.6 is 27.7 Å². The molecule has 2 N–H and O–H groups in total. The van der Waals surface area contributed by atoms with Gasteiger partial charge in [-0.15, -0.1) is 5.10 Å². The maximum absolute atomic E-state index is 12.2. The van der Waals surface area contributed by atoms with Crippen LogP contribution in [-0.2, 0) is 19.1 Å². The van der Waals surface area contributed by atoms with Crippen molar-refractivity contribution in [3.05, 3.63) is 69.0 Å². The number of esters is 1. The van der Waals surface area contributed by atoms with E-state index in [9.17, 15) is 14.4 Å². The van der Waals surface area contributed by atoms with E-state index in [-0.39, 0.29) is 22.6 Å². The molecule has 0 bridgehead atoms. The zero-order valence-corrected chi connectivity index (χ0v) is 20.0. The van der Waals surface area contributed by atoms with Crippen LogP contribution in [0.15, 0.2) is 68.1 Å². The summed E-state index contributed by atoms with van der Waals surface area (Å²) in [6.45, 7) is 1.77. The van der Waals surface area contributed by atoms with Gasteiger partial charge in [0.2, 0.25) is 0 Å². The molecule has 1 aliphatic rings. The standard InChI is InChI=1S/C22H19BrN4O5S/c1-13-3-6-16(7-4-13)25-19(28)12-32-17-8-5-15(23)9-14(17)11-24-27-22-26-21(30)18(33-22)10-20(29)31-2/h3-11H,12H2,1-2H3,(H,25,28)(H,26,27,30)/b18-10+,24-11?. The molecule has 9 nitrogen and oxygen atoms in total. The van der Waals surface area contributed by atoms with Crippen LogP contribution in [0.25, 0.3) is 0 Å². The molecule has 1 heterocycles. The van der Waals surface area contributed by atoms with E-state index < -0.39 is 11.9 Å². The average molecular weight is 531 g/mol. The largest absolute Gasteiger partial charge is 0.483 e. The first kappa shape index (κ1) is 24.2. The Labute approximate surface area is 202 Å². The SMILES string of the molecule is COC(=O)/C=C1/S/C(=N\N=Cc2cc(Br)ccc2OCC(=O)Nc2ccc(C)cc2)NC1=O. The predicted octanol–water partition coefficient (Wildman–Crippen LogP) is 3.38. The van der Waals surface area contributed by atoms with Crippen LogP contribution in [0, 0.1) is 6.92 Å². The number of halogens is 1. The van der Waals surface area contributed by atoms with Crippen LogP contribution in [0.3, 0.4) is 0 Å². The third-order valence-corrected chi connectivity index (χ3v) is 5.51. The normalized spacial score (nSPS) is 15.7. The van der Waals surface area contributed by atoms with E-state index in [1.54, 1.807) is 18.2 Å². The molecule has 2 amide bonds. The maximum Gasteiger partial charge on any atom is 0.331 e. The fourth-order valence-corrected chi connectivity index (χ4v) is 3.63. The highest BCUT2D eigenvalue weighted by Gasteiger charge is 2.25. The van der Waals surface area contributed by atoms with Crippen molar-refractivity contribution in [3.63, 3.8) is 0 Å². The molecule has 1 saturated heterocycles. The number of benzene rings is 2. The number of carbonyl (C=O) groups excluding carboxylic acids is 3. The first-order valence-corrected chi connectivity index (χ1v) is 11.1. The summed E-state index contributed by atoms with van der Waals surface area (Å²) in [6, 6.07) is 12.7. The van der Waals surface area contributed by atoms with Gasteiger partial charge < -0.3 is 14.8 Å². The van der Waals surface area contributed by atoms with Crippen LogP contribution in [0.5, 0.6) is 5.75 Å². The van der Waals surface area contributed by atoms with Crippen molar-refractivity contribution in [1.82, 2.24) is 5.32 Å². The highest BCUT2D eigenvalue weighted by atomic mass is 79.9. The second kappa shape index (κ2) is 11.4. The van der Waals surface area contributed by atoms with E-state index in [1.807, 2.05) is 31.2 Å². The third kappa shape index (κ3) is 7.29. The fourth-order valence-electron chi connectivity index (χ4n) is 2.51. The Morgan fingerprint density at radius 1 is 1.21 bits per heavy atom. The van der Waals surface area contributed by atoms with E-state index in [1.165, 1.54) is 13.3 Å². The van der Waals surface area contributed by atoms with E-state index >= 15 is 0 Å². The summed E-state index contributed by atoms with van der Waals surface area (Å²) in [4.78, 5) is 35.5. The molecule has 0 radical (unpaired) electrons. The van der Waals surface area contributed by atoms with E-state index in [4.69, 9.17) is 4.74 Å². The number of nitrogens with one attached hydrogen (secondary N) is 2. The minimum atomic E-state index is -0.639. The lowest BCUT2D eigenvalue weighted by molar-refractivity contribution is -0.135. The molecule has 0 aliphatic carbocycles. The van der Waals surface area contributed by atoms with Crippen molar-refractivity contribution in [3.8, 4) is 5.75 Å². The number of carbonyl (C=O) groups is 3. The smallest absolute Gasteiger partial charge is 0.331 e. The molecule has 0 saturated carbocycles. The minimum Gasteiger partial charge on any atom is -0.483 e. The third-order valence-electron chi connectivity index (χ3n) is 4.11. The zero-order valence-electron chi connectivity index (χ0n) is 17.6. The summed E-state index contributed by atoms with van der Waals surface area (Å²) >= 11 is 4.35. The first-order chi connectivity index (χ1) is 15.8. The van der Waals surface area contributed by atoms with Gasteiger partial charge in [0.25, 0.3) is 11.8 Å². The Morgan fingerprint density at radius 2 is 1.97 bits per heavy atom. The van der Waals surface area contributed by atoms with Gasteiger partial charge in [0.15, 0.2) is 11.8 Å². The Hall–Kier alpha value is -3.44. The van der Waals surface area contributed by atoms with Crippen LogP contribution in [0.2, 0.25) is 0 Å². The lowest BCUT2D eigenvalue weighted by Crippen LogP contribution is -2.20. The number of rotatable bonds is 7. The number of anilines is 1. The monoisotopic (exact) mass is 530 g/mol. The lowest BCUT2D eigenvalue weighted by Gasteiger charge is -2.10. The van der Waals surface area contributed by atoms with Crippen LogP contribution < -0.4 is 15.4 Å². The summed E-state index contributed by atoms with van der Waals surface area (Å²) in [5, 5.41) is 13.4. The Kier molecular flexibility index (Phi) is 8.39. The van der Waals surface area contributed by atoms with Crippen molar-refractivity contribution in [2.24, 2.45) is 10.2 Å². The molecule has 1 fully saturated rings. The molecular formula is C22H19BrN4O5S. The first-order valence-electron chi connectivity index (χ1n) is 9.53. The summed E-state index contributed by atoms with van der Waals surface area (Å²) in [5.41, 5.74) is 2.34. The number of aryl methyl sites for hydroxylation is 1. The molecule has 33 heavy (non-hydrogen) atoms. The van der Waals surface area contributed by atoms with Gasteiger partial charge in [-0.05, 0) is 49.0 Å². The summed E-state index contributed by atoms with van der Waals surface area (Å²) in [7, 11) is 1.22. The summed E-state index contributed by atoms with van der Waals surface area (Å²) in [5.74, 6) is -0.986. The van der Waals surface area contributed by atoms with Gasteiger partial charge in [0.1, 0.15) is 5.75 Å². The zero-order chi connectivity index (χ0) is 23.8. The minimum absolute atomic E-state index is 0.155.